The van der Waals surface area contributed by atoms with Crippen LogP contribution < -0.4 is 10.2 Å². The van der Waals surface area contributed by atoms with Gasteiger partial charge in [0.05, 0.1) is 0 Å². The Balaban J connectivity index is 1.13. The van der Waals surface area contributed by atoms with E-state index >= 15 is 0 Å². The molecule has 0 aliphatic carbocycles. The van der Waals surface area contributed by atoms with E-state index in [9.17, 15) is 9.59 Å². The zero-order chi connectivity index (χ0) is 24.8. The highest BCUT2D eigenvalue weighted by molar-refractivity contribution is 5.95. The van der Waals surface area contributed by atoms with Crippen molar-refractivity contribution in [3.05, 3.63) is 65.9 Å². The van der Waals surface area contributed by atoms with Gasteiger partial charge in [-0.2, -0.15) is 0 Å². The van der Waals surface area contributed by atoms with Gasteiger partial charge in [0, 0.05) is 74.5 Å². The number of para-hydroxylation sites is 2. The van der Waals surface area contributed by atoms with Crippen molar-refractivity contribution in [2.75, 3.05) is 31.6 Å². The summed E-state index contributed by atoms with van der Waals surface area (Å²) >= 11 is 0. The molecule has 0 spiro atoms. The SMILES string of the molecule is CN1[C@@H](CCC(=O)N2CCc3ccccc32)CNC(=O)[C@@H]2[C@@H]1CCN2Cc1cn(C)c2ccccc12. The van der Waals surface area contributed by atoms with Crippen LogP contribution in [0.3, 0.4) is 0 Å². The highest BCUT2D eigenvalue weighted by Crippen LogP contribution is 2.32. The molecule has 36 heavy (non-hydrogen) atoms. The minimum atomic E-state index is -0.167. The Kier molecular flexibility index (Phi) is 6.05. The van der Waals surface area contributed by atoms with E-state index in [2.05, 4.69) is 70.3 Å². The quantitative estimate of drug-likeness (QED) is 0.604. The molecule has 1 aromatic heterocycles. The molecule has 3 atom stereocenters. The predicted molar refractivity (Wildman–Crippen MR) is 142 cm³/mol. The zero-order valence-electron chi connectivity index (χ0n) is 21.2. The molecule has 7 heteroatoms. The van der Waals surface area contributed by atoms with Crippen molar-refractivity contribution in [3.8, 4) is 0 Å². The number of aromatic nitrogens is 1. The number of aryl methyl sites for hydroxylation is 1. The van der Waals surface area contributed by atoms with Crippen LogP contribution in [0.15, 0.2) is 54.7 Å². The minimum Gasteiger partial charge on any atom is -0.353 e. The molecule has 2 aromatic carbocycles. The number of nitrogens with one attached hydrogen (secondary N) is 1. The largest absolute Gasteiger partial charge is 0.353 e. The molecule has 7 nitrogen and oxygen atoms in total. The number of carbonyl (C=O) groups excluding carboxylic acids is 2. The molecule has 2 amide bonds. The van der Waals surface area contributed by atoms with Crippen molar-refractivity contribution in [1.82, 2.24) is 19.7 Å². The average Bonchev–Trinajstić information content (AvgIpc) is 3.57. The summed E-state index contributed by atoms with van der Waals surface area (Å²) in [6.45, 7) is 3.02. The lowest BCUT2D eigenvalue weighted by molar-refractivity contribution is -0.126. The fourth-order valence-corrected chi connectivity index (χ4v) is 6.62. The number of amides is 2. The molecule has 0 radical (unpaired) electrons. The topological polar surface area (TPSA) is 60.8 Å². The third-order valence-electron chi connectivity index (χ3n) is 8.58. The predicted octanol–water partition coefficient (Wildman–Crippen LogP) is 2.92. The Morgan fingerprint density at radius 2 is 1.86 bits per heavy atom. The van der Waals surface area contributed by atoms with Crippen LogP contribution in [0.1, 0.15) is 30.4 Å². The first-order chi connectivity index (χ1) is 17.5. The molecule has 2 saturated heterocycles. The first kappa shape index (κ1) is 23.3. The maximum absolute atomic E-state index is 13.3. The highest BCUT2D eigenvalue weighted by atomic mass is 16.2. The third kappa shape index (κ3) is 4.00. The minimum absolute atomic E-state index is 0.117. The second kappa shape index (κ2) is 9.37. The zero-order valence-corrected chi connectivity index (χ0v) is 21.2. The van der Waals surface area contributed by atoms with Crippen LogP contribution in [0.4, 0.5) is 5.69 Å². The van der Waals surface area contributed by atoms with Gasteiger partial charge in [0.25, 0.3) is 0 Å². The number of carbonyl (C=O) groups is 2. The number of rotatable bonds is 5. The third-order valence-corrected chi connectivity index (χ3v) is 8.58. The highest BCUT2D eigenvalue weighted by Gasteiger charge is 2.45. The fourth-order valence-electron chi connectivity index (χ4n) is 6.62. The van der Waals surface area contributed by atoms with Crippen LogP contribution in [-0.4, -0.2) is 71.0 Å². The summed E-state index contributed by atoms with van der Waals surface area (Å²) in [6, 6.07) is 16.8. The summed E-state index contributed by atoms with van der Waals surface area (Å²) < 4.78 is 2.17. The monoisotopic (exact) mass is 485 g/mol. The van der Waals surface area contributed by atoms with Gasteiger partial charge >= 0.3 is 0 Å². The van der Waals surface area contributed by atoms with Gasteiger partial charge < -0.3 is 14.8 Å². The van der Waals surface area contributed by atoms with E-state index in [0.717, 1.165) is 44.6 Å². The number of nitrogens with zero attached hydrogens (tertiary/aromatic N) is 4. The first-order valence-corrected chi connectivity index (χ1v) is 13.2. The molecule has 3 aliphatic heterocycles. The summed E-state index contributed by atoms with van der Waals surface area (Å²) in [6.07, 6.45) is 5.33. The second-order valence-electron chi connectivity index (χ2n) is 10.6. The van der Waals surface area contributed by atoms with E-state index in [0.29, 0.717) is 13.0 Å². The number of fused-ring (bicyclic) bond motifs is 3. The Labute approximate surface area is 212 Å². The number of anilines is 1. The number of hydrogen-bond acceptors (Lipinski definition) is 4. The van der Waals surface area contributed by atoms with E-state index in [4.69, 9.17) is 0 Å². The van der Waals surface area contributed by atoms with Crippen molar-refractivity contribution in [2.24, 2.45) is 7.05 Å². The maximum Gasteiger partial charge on any atom is 0.239 e. The molecule has 188 valence electrons. The van der Waals surface area contributed by atoms with Crippen LogP contribution in [0.5, 0.6) is 0 Å². The second-order valence-corrected chi connectivity index (χ2v) is 10.6. The van der Waals surface area contributed by atoms with E-state index in [1.165, 1.54) is 22.0 Å². The average molecular weight is 486 g/mol. The molecule has 6 rings (SSSR count). The van der Waals surface area contributed by atoms with E-state index in [1.54, 1.807) is 0 Å². The molecule has 0 bridgehead atoms. The van der Waals surface area contributed by atoms with Crippen LogP contribution in [-0.2, 0) is 29.6 Å². The Hall–Kier alpha value is -3.16. The van der Waals surface area contributed by atoms with Gasteiger partial charge in [0.2, 0.25) is 11.8 Å². The van der Waals surface area contributed by atoms with E-state index in [1.807, 2.05) is 23.1 Å². The molecule has 4 heterocycles. The Bertz CT molecular complexity index is 1300. The number of benzene rings is 2. The van der Waals surface area contributed by atoms with Gasteiger partial charge in [-0.3, -0.25) is 19.4 Å². The van der Waals surface area contributed by atoms with Crippen molar-refractivity contribution in [3.63, 3.8) is 0 Å². The lowest BCUT2D eigenvalue weighted by atomic mass is 10.0. The molecule has 1 N–H and O–H groups in total. The van der Waals surface area contributed by atoms with Crippen LogP contribution >= 0.6 is 0 Å². The standard InChI is InChI=1S/C29H35N5O2/c1-31-18-21(23-8-4-6-10-25(23)31)19-33-15-14-26-28(33)29(36)30-17-22(32(26)2)11-12-27(35)34-16-13-20-7-3-5-9-24(20)34/h3-10,18,22,26,28H,11-17,19H2,1-2H3,(H,30,36)/t22-,26-,28-/m0/s1. The summed E-state index contributed by atoms with van der Waals surface area (Å²) in [4.78, 5) is 33.0. The molecule has 0 saturated carbocycles. The van der Waals surface area contributed by atoms with Crippen LogP contribution in [0.25, 0.3) is 10.9 Å². The van der Waals surface area contributed by atoms with Crippen LogP contribution in [0, 0.1) is 0 Å². The molecule has 3 aliphatic rings. The van der Waals surface area contributed by atoms with E-state index < -0.39 is 0 Å². The van der Waals surface area contributed by atoms with Crippen molar-refractivity contribution in [2.45, 2.75) is 50.4 Å². The number of likely N-dealkylation sites (tertiary alicyclic amines) is 1. The molecular weight excluding hydrogens is 450 g/mol. The van der Waals surface area contributed by atoms with Gasteiger partial charge in [-0.25, -0.2) is 0 Å². The summed E-state index contributed by atoms with van der Waals surface area (Å²) in [7, 11) is 4.22. The van der Waals surface area contributed by atoms with Gasteiger partial charge in [-0.1, -0.05) is 36.4 Å². The Morgan fingerprint density at radius 3 is 2.75 bits per heavy atom. The smallest absolute Gasteiger partial charge is 0.239 e. The lowest BCUT2D eigenvalue weighted by Gasteiger charge is -2.33. The molecular formula is C29H35N5O2. The van der Waals surface area contributed by atoms with Crippen molar-refractivity contribution < 1.29 is 9.59 Å². The molecule has 0 unspecified atom stereocenters. The summed E-state index contributed by atoms with van der Waals surface area (Å²) in [5, 5.41) is 4.47. The maximum atomic E-state index is 13.3. The van der Waals surface area contributed by atoms with Gasteiger partial charge in [0.15, 0.2) is 0 Å². The van der Waals surface area contributed by atoms with Crippen molar-refractivity contribution in [1.29, 1.82) is 0 Å². The van der Waals surface area contributed by atoms with Gasteiger partial charge in [0.1, 0.15) is 6.04 Å². The first-order valence-electron chi connectivity index (χ1n) is 13.2. The summed E-state index contributed by atoms with van der Waals surface area (Å²) in [5.41, 5.74) is 4.80. The number of likely N-dealkylation sites (N-methyl/N-ethyl adjacent to an activating group) is 1. The lowest BCUT2D eigenvalue weighted by Crippen LogP contribution is -2.49. The van der Waals surface area contributed by atoms with Gasteiger partial charge in [-0.05, 0) is 49.6 Å². The Morgan fingerprint density at radius 1 is 1.06 bits per heavy atom. The molecule has 2 fully saturated rings. The normalized spacial score (nSPS) is 24.6. The number of hydrogen-bond donors (Lipinski definition) is 1. The van der Waals surface area contributed by atoms with E-state index in [-0.39, 0.29) is 29.9 Å². The molecule has 3 aromatic rings. The van der Waals surface area contributed by atoms with Gasteiger partial charge in [-0.15, -0.1) is 0 Å². The van der Waals surface area contributed by atoms with Crippen LogP contribution in [0.2, 0.25) is 0 Å². The van der Waals surface area contributed by atoms with Crippen molar-refractivity contribution >= 4 is 28.4 Å². The summed E-state index contributed by atoms with van der Waals surface area (Å²) in [5.74, 6) is 0.302. The fraction of sp³-hybridized carbons (Fsp3) is 0.448.